The molecule has 2 aromatic carbocycles. The van der Waals surface area contributed by atoms with Gasteiger partial charge in [0, 0.05) is 16.8 Å². The van der Waals surface area contributed by atoms with E-state index in [1.165, 1.54) is 37.4 Å². The Morgan fingerprint density at radius 2 is 1.85 bits per heavy atom. The third-order valence-electron chi connectivity index (χ3n) is 3.58. The largest absolute Gasteiger partial charge is 0.496 e. The Morgan fingerprint density at radius 3 is 2.48 bits per heavy atom. The van der Waals surface area contributed by atoms with E-state index in [2.05, 4.69) is 15.5 Å². The normalized spacial score (nSPS) is 11.2. The highest BCUT2D eigenvalue weighted by Crippen LogP contribution is 2.25. The summed E-state index contributed by atoms with van der Waals surface area (Å²) in [7, 11) is -1.86. The minimum Gasteiger partial charge on any atom is -0.496 e. The molecule has 1 amide bonds. The van der Waals surface area contributed by atoms with Crippen LogP contribution in [0.5, 0.6) is 5.75 Å². The summed E-state index contributed by atoms with van der Waals surface area (Å²) in [5.41, 5.74) is 0.720. The molecule has 0 fully saturated rings. The molecule has 0 unspecified atom stereocenters. The van der Waals surface area contributed by atoms with Gasteiger partial charge >= 0.3 is 6.01 Å². The maximum atomic E-state index is 12.4. The van der Waals surface area contributed by atoms with Crippen LogP contribution in [0.4, 0.5) is 6.01 Å². The molecule has 3 aromatic rings. The summed E-state index contributed by atoms with van der Waals surface area (Å²) in [5.74, 6) is -0.0617. The summed E-state index contributed by atoms with van der Waals surface area (Å²) in [6, 6.07) is 10.4. The van der Waals surface area contributed by atoms with Crippen molar-refractivity contribution >= 4 is 33.4 Å². The first kappa shape index (κ1) is 18.9. The van der Waals surface area contributed by atoms with Gasteiger partial charge in [-0.25, -0.2) is 8.42 Å². The Balaban J connectivity index is 1.80. The van der Waals surface area contributed by atoms with Crippen LogP contribution in [0, 0.1) is 0 Å². The van der Waals surface area contributed by atoms with Gasteiger partial charge in [0.1, 0.15) is 5.75 Å². The molecule has 0 saturated carbocycles. The number of anilines is 1. The molecule has 0 spiro atoms. The highest BCUT2D eigenvalue weighted by atomic mass is 35.5. The lowest BCUT2D eigenvalue weighted by Crippen LogP contribution is -2.13. The molecule has 10 heteroatoms. The number of nitrogens with zero attached hydrogens (tertiary/aromatic N) is 2. The van der Waals surface area contributed by atoms with Crippen molar-refractivity contribution in [3.8, 4) is 17.2 Å². The van der Waals surface area contributed by atoms with Crippen molar-refractivity contribution in [3.05, 3.63) is 53.1 Å². The molecular weight excluding hydrogens is 394 g/mol. The molecule has 0 aliphatic carbocycles. The van der Waals surface area contributed by atoms with Crippen LogP contribution >= 0.6 is 11.6 Å². The zero-order valence-electron chi connectivity index (χ0n) is 14.3. The van der Waals surface area contributed by atoms with Gasteiger partial charge in [0.05, 0.1) is 17.6 Å². The van der Waals surface area contributed by atoms with Crippen molar-refractivity contribution in [2.24, 2.45) is 0 Å². The standard InChI is InChI=1S/C17H14ClN3O5S/c1-25-14-8-5-11(18)9-13(14)15(22)19-17-21-20-16(26-17)10-3-6-12(7-4-10)27(2,23)24/h3-9H,1-2H3,(H,19,21,22). The number of carbonyl (C=O) groups is 1. The van der Waals surface area contributed by atoms with Gasteiger partial charge in [-0.15, -0.1) is 5.10 Å². The topological polar surface area (TPSA) is 111 Å². The number of sulfone groups is 1. The summed E-state index contributed by atoms with van der Waals surface area (Å²) in [5, 5.41) is 10.5. The number of hydrogen-bond donors (Lipinski definition) is 1. The van der Waals surface area contributed by atoms with E-state index in [0.29, 0.717) is 16.3 Å². The van der Waals surface area contributed by atoms with Crippen molar-refractivity contribution in [1.29, 1.82) is 0 Å². The van der Waals surface area contributed by atoms with Gasteiger partial charge in [0.15, 0.2) is 9.84 Å². The Kier molecular flexibility index (Phi) is 5.15. The van der Waals surface area contributed by atoms with Crippen molar-refractivity contribution in [3.63, 3.8) is 0 Å². The number of rotatable bonds is 5. The van der Waals surface area contributed by atoms with Crippen molar-refractivity contribution in [2.45, 2.75) is 4.90 Å². The molecule has 140 valence electrons. The monoisotopic (exact) mass is 407 g/mol. The smallest absolute Gasteiger partial charge is 0.322 e. The van der Waals surface area contributed by atoms with E-state index in [1.807, 2.05) is 0 Å². The lowest BCUT2D eigenvalue weighted by Gasteiger charge is -2.07. The average molecular weight is 408 g/mol. The molecule has 27 heavy (non-hydrogen) atoms. The highest BCUT2D eigenvalue weighted by Gasteiger charge is 2.17. The quantitative estimate of drug-likeness (QED) is 0.691. The summed E-state index contributed by atoms with van der Waals surface area (Å²) in [6.07, 6.45) is 1.12. The number of hydrogen-bond acceptors (Lipinski definition) is 7. The molecule has 0 radical (unpaired) electrons. The van der Waals surface area contributed by atoms with Gasteiger partial charge in [-0.05, 0) is 42.5 Å². The Hall–Kier alpha value is -2.91. The van der Waals surface area contributed by atoms with Gasteiger partial charge < -0.3 is 9.15 Å². The molecule has 3 rings (SSSR count). The highest BCUT2D eigenvalue weighted by molar-refractivity contribution is 7.90. The average Bonchev–Trinajstić information content (AvgIpc) is 3.09. The predicted octanol–water partition coefficient (Wildman–Crippen LogP) is 3.05. The van der Waals surface area contributed by atoms with Crippen LogP contribution in [-0.2, 0) is 9.84 Å². The van der Waals surface area contributed by atoms with Crippen molar-refractivity contribution in [2.75, 3.05) is 18.7 Å². The van der Waals surface area contributed by atoms with E-state index >= 15 is 0 Å². The van der Waals surface area contributed by atoms with Crippen LogP contribution in [0.1, 0.15) is 10.4 Å². The zero-order valence-corrected chi connectivity index (χ0v) is 15.8. The molecule has 1 heterocycles. The van der Waals surface area contributed by atoms with Crippen LogP contribution in [0.15, 0.2) is 51.8 Å². The lowest BCUT2D eigenvalue weighted by atomic mass is 10.2. The molecule has 0 aliphatic heterocycles. The molecule has 8 nitrogen and oxygen atoms in total. The molecular formula is C17H14ClN3O5S. The van der Waals surface area contributed by atoms with Gasteiger partial charge in [-0.3, -0.25) is 10.1 Å². The zero-order chi connectivity index (χ0) is 19.6. The second-order valence-electron chi connectivity index (χ2n) is 5.51. The second kappa shape index (κ2) is 7.37. The van der Waals surface area contributed by atoms with E-state index < -0.39 is 15.7 Å². The van der Waals surface area contributed by atoms with E-state index in [0.717, 1.165) is 6.26 Å². The van der Waals surface area contributed by atoms with Crippen LogP contribution in [0.2, 0.25) is 5.02 Å². The molecule has 0 aliphatic rings. The van der Waals surface area contributed by atoms with E-state index in [4.69, 9.17) is 20.8 Å². The summed E-state index contributed by atoms with van der Waals surface area (Å²) in [4.78, 5) is 12.6. The maximum absolute atomic E-state index is 12.4. The SMILES string of the molecule is COc1ccc(Cl)cc1C(=O)Nc1nnc(-c2ccc(S(C)(=O)=O)cc2)o1. The number of methoxy groups -OCH3 is 1. The van der Waals surface area contributed by atoms with E-state index in [-0.39, 0.29) is 22.4 Å². The number of benzene rings is 2. The first-order valence-corrected chi connectivity index (χ1v) is 9.84. The van der Waals surface area contributed by atoms with Gasteiger partial charge in [-0.1, -0.05) is 16.7 Å². The third-order valence-corrected chi connectivity index (χ3v) is 4.94. The lowest BCUT2D eigenvalue weighted by molar-refractivity contribution is 0.102. The van der Waals surface area contributed by atoms with Crippen LogP contribution in [0.25, 0.3) is 11.5 Å². The van der Waals surface area contributed by atoms with E-state index in [1.54, 1.807) is 12.1 Å². The number of halogens is 1. The molecule has 0 saturated heterocycles. The third kappa shape index (κ3) is 4.26. The number of carbonyl (C=O) groups excluding carboxylic acids is 1. The van der Waals surface area contributed by atoms with Gasteiger partial charge in [-0.2, -0.15) is 0 Å². The molecule has 1 aromatic heterocycles. The first-order chi connectivity index (χ1) is 12.8. The van der Waals surface area contributed by atoms with Gasteiger partial charge in [0.25, 0.3) is 5.91 Å². The number of ether oxygens (including phenoxy) is 1. The Bertz CT molecular complexity index is 1090. The fourth-order valence-corrected chi connectivity index (χ4v) is 3.06. The van der Waals surface area contributed by atoms with Crippen LogP contribution in [0.3, 0.4) is 0 Å². The fourth-order valence-electron chi connectivity index (χ4n) is 2.26. The molecule has 0 atom stereocenters. The number of amides is 1. The summed E-state index contributed by atoms with van der Waals surface area (Å²) >= 11 is 5.92. The molecule has 1 N–H and O–H groups in total. The number of aromatic nitrogens is 2. The summed E-state index contributed by atoms with van der Waals surface area (Å²) < 4.78 is 33.5. The Labute approximate surface area is 160 Å². The van der Waals surface area contributed by atoms with Crippen molar-refractivity contribution < 1.29 is 22.4 Å². The second-order valence-corrected chi connectivity index (χ2v) is 7.96. The van der Waals surface area contributed by atoms with E-state index in [9.17, 15) is 13.2 Å². The molecule has 0 bridgehead atoms. The number of nitrogens with one attached hydrogen (secondary N) is 1. The van der Waals surface area contributed by atoms with Crippen LogP contribution < -0.4 is 10.1 Å². The Morgan fingerprint density at radius 1 is 1.15 bits per heavy atom. The predicted molar refractivity (Wildman–Crippen MR) is 98.8 cm³/mol. The van der Waals surface area contributed by atoms with Crippen LogP contribution in [-0.4, -0.2) is 37.9 Å². The van der Waals surface area contributed by atoms with Crippen molar-refractivity contribution in [1.82, 2.24) is 10.2 Å². The maximum Gasteiger partial charge on any atom is 0.322 e. The summed E-state index contributed by atoms with van der Waals surface area (Å²) in [6.45, 7) is 0. The fraction of sp³-hybridized carbons (Fsp3) is 0.118. The first-order valence-electron chi connectivity index (χ1n) is 7.57. The minimum atomic E-state index is -3.30. The minimum absolute atomic E-state index is 0.121. The van der Waals surface area contributed by atoms with Gasteiger partial charge in [0.2, 0.25) is 5.89 Å².